The third kappa shape index (κ3) is 2.07. The van der Waals surface area contributed by atoms with Gasteiger partial charge in [0.2, 0.25) is 0 Å². The summed E-state index contributed by atoms with van der Waals surface area (Å²) in [5, 5.41) is 9.30. The lowest BCUT2D eigenvalue weighted by Gasteiger charge is -2.25. The van der Waals surface area contributed by atoms with Crippen molar-refractivity contribution in [3.05, 3.63) is 29.3 Å². The fourth-order valence-corrected chi connectivity index (χ4v) is 1.44. The summed E-state index contributed by atoms with van der Waals surface area (Å²) in [6.07, 6.45) is 0. The van der Waals surface area contributed by atoms with Gasteiger partial charge in [0, 0.05) is 11.0 Å². The largest absolute Gasteiger partial charge is 0.496 e. The second kappa shape index (κ2) is 4.01. The van der Waals surface area contributed by atoms with Crippen molar-refractivity contribution < 1.29 is 9.84 Å². The molecular weight excluding hydrogens is 176 g/mol. The Bertz CT molecular complexity index is 316. The smallest absolute Gasteiger partial charge is 0.122 e. The maximum atomic E-state index is 9.30. The van der Waals surface area contributed by atoms with E-state index in [0.29, 0.717) is 0 Å². The van der Waals surface area contributed by atoms with Crippen LogP contribution in [0.2, 0.25) is 0 Å². The first-order valence-electron chi connectivity index (χ1n) is 4.77. The third-order valence-electron chi connectivity index (χ3n) is 2.48. The van der Waals surface area contributed by atoms with Crippen molar-refractivity contribution >= 4 is 0 Å². The van der Waals surface area contributed by atoms with Crippen molar-refractivity contribution in [3.8, 4) is 5.75 Å². The molecule has 0 aromatic heterocycles. The molecule has 1 N–H and O–H groups in total. The summed E-state index contributed by atoms with van der Waals surface area (Å²) in [6, 6.07) is 6.02. The van der Waals surface area contributed by atoms with Gasteiger partial charge in [-0.15, -0.1) is 0 Å². The first kappa shape index (κ1) is 11.1. The van der Waals surface area contributed by atoms with Crippen LogP contribution in [0.4, 0.5) is 0 Å². The summed E-state index contributed by atoms with van der Waals surface area (Å²) < 4.78 is 5.28. The van der Waals surface area contributed by atoms with Gasteiger partial charge in [-0.3, -0.25) is 0 Å². The summed E-state index contributed by atoms with van der Waals surface area (Å²) in [4.78, 5) is 0. The third-order valence-corrected chi connectivity index (χ3v) is 2.48. The molecule has 2 nitrogen and oxygen atoms in total. The zero-order valence-electron chi connectivity index (χ0n) is 9.29. The predicted molar refractivity (Wildman–Crippen MR) is 57.8 cm³/mol. The number of aryl methyl sites for hydroxylation is 1. The van der Waals surface area contributed by atoms with Gasteiger partial charge < -0.3 is 9.84 Å². The molecule has 0 amide bonds. The first-order valence-corrected chi connectivity index (χ1v) is 4.77. The Labute approximate surface area is 85.5 Å². The molecule has 0 fully saturated rings. The number of hydrogen-bond donors (Lipinski definition) is 1. The topological polar surface area (TPSA) is 29.5 Å². The summed E-state index contributed by atoms with van der Waals surface area (Å²) in [6.45, 7) is 6.16. The number of ether oxygens (including phenoxy) is 1. The Balaban J connectivity index is 3.23. The highest BCUT2D eigenvalue weighted by molar-refractivity contribution is 5.41. The van der Waals surface area contributed by atoms with Gasteiger partial charge in [-0.25, -0.2) is 0 Å². The van der Waals surface area contributed by atoms with Gasteiger partial charge >= 0.3 is 0 Å². The molecule has 0 aliphatic heterocycles. The summed E-state index contributed by atoms with van der Waals surface area (Å²) in [5.41, 5.74) is 1.99. The highest BCUT2D eigenvalue weighted by Gasteiger charge is 2.23. The number of hydrogen-bond acceptors (Lipinski definition) is 2. The minimum atomic E-state index is -0.253. The molecule has 0 unspecified atom stereocenters. The average molecular weight is 194 g/mol. The molecule has 1 aromatic rings. The molecular formula is C12H18O2. The van der Waals surface area contributed by atoms with Crippen LogP contribution in [-0.2, 0) is 5.41 Å². The summed E-state index contributed by atoms with van der Waals surface area (Å²) in [5.74, 6) is 0.842. The highest BCUT2D eigenvalue weighted by atomic mass is 16.5. The molecule has 0 saturated heterocycles. The molecule has 1 rings (SSSR count). The molecule has 0 heterocycles. The Hall–Kier alpha value is -1.02. The number of methoxy groups -OCH3 is 1. The van der Waals surface area contributed by atoms with E-state index < -0.39 is 0 Å². The summed E-state index contributed by atoms with van der Waals surface area (Å²) in [7, 11) is 1.65. The maximum Gasteiger partial charge on any atom is 0.122 e. The molecule has 0 spiro atoms. The lowest BCUT2D eigenvalue weighted by molar-refractivity contribution is 0.215. The van der Waals surface area contributed by atoms with E-state index in [1.54, 1.807) is 7.11 Å². The van der Waals surface area contributed by atoms with Crippen LogP contribution in [0.25, 0.3) is 0 Å². The molecule has 14 heavy (non-hydrogen) atoms. The second-order valence-corrected chi connectivity index (χ2v) is 4.25. The van der Waals surface area contributed by atoms with E-state index in [1.165, 1.54) is 5.56 Å². The molecule has 2 heteroatoms. The standard InChI is InChI=1S/C12H18O2/c1-9-5-6-11(14-4)10(7-9)12(2,3)8-13/h5-7,13H,8H2,1-4H3. The Kier molecular flexibility index (Phi) is 3.17. The van der Waals surface area contributed by atoms with Crippen LogP contribution in [0.3, 0.4) is 0 Å². The van der Waals surface area contributed by atoms with Crippen molar-refractivity contribution in [1.82, 2.24) is 0 Å². The summed E-state index contributed by atoms with van der Waals surface area (Å²) >= 11 is 0. The van der Waals surface area contributed by atoms with Crippen LogP contribution in [0.5, 0.6) is 5.75 Å². The van der Waals surface area contributed by atoms with Crippen LogP contribution in [0.15, 0.2) is 18.2 Å². The number of rotatable bonds is 3. The van der Waals surface area contributed by atoms with Crippen LogP contribution >= 0.6 is 0 Å². The van der Waals surface area contributed by atoms with Gasteiger partial charge in [0.05, 0.1) is 13.7 Å². The number of aliphatic hydroxyl groups excluding tert-OH is 1. The Morgan fingerprint density at radius 1 is 1.36 bits per heavy atom. The minimum absolute atomic E-state index is 0.118. The predicted octanol–water partition coefficient (Wildman–Crippen LogP) is 2.27. The molecule has 0 saturated carbocycles. The maximum absolute atomic E-state index is 9.30. The van der Waals surface area contributed by atoms with Crippen molar-refractivity contribution in [2.75, 3.05) is 13.7 Å². The highest BCUT2D eigenvalue weighted by Crippen LogP contribution is 2.31. The van der Waals surface area contributed by atoms with Gasteiger partial charge in [-0.1, -0.05) is 31.5 Å². The lowest BCUT2D eigenvalue weighted by atomic mass is 9.84. The molecule has 0 radical (unpaired) electrons. The van der Waals surface area contributed by atoms with E-state index in [1.807, 2.05) is 32.9 Å². The van der Waals surface area contributed by atoms with Gasteiger partial charge in [0.1, 0.15) is 5.75 Å². The molecule has 0 aliphatic carbocycles. The normalized spacial score (nSPS) is 11.5. The number of aliphatic hydroxyl groups is 1. The minimum Gasteiger partial charge on any atom is -0.496 e. The number of benzene rings is 1. The van der Waals surface area contributed by atoms with E-state index in [0.717, 1.165) is 11.3 Å². The van der Waals surface area contributed by atoms with Gasteiger partial charge in [0.25, 0.3) is 0 Å². The SMILES string of the molecule is COc1ccc(C)cc1C(C)(C)CO. The van der Waals surface area contributed by atoms with E-state index in [2.05, 4.69) is 6.07 Å². The fourth-order valence-electron chi connectivity index (χ4n) is 1.44. The van der Waals surface area contributed by atoms with E-state index in [9.17, 15) is 5.11 Å². The van der Waals surface area contributed by atoms with E-state index in [4.69, 9.17) is 4.74 Å². The quantitative estimate of drug-likeness (QED) is 0.799. The molecule has 0 bridgehead atoms. The van der Waals surface area contributed by atoms with Crippen molar-refractivity contribution in [3.63, 3.8) is 0 Å². The van der Waals surface area contributed by atoms with E-state index >= 15 is 0 Å². The Morgan fingerprint density at radius 3 is 2.50 bits per heavy atom. The van der Waals surface area contributed by atoms with Crippen molar-refractivity contribution in [1.29, 1.82) is 0 Å². The van der Waals surface area contributed by atoms with Gasteiger partial charge in [-0.2, -0.15) is 0 Å². The van der Waals surface area contributed by atoms with Crippen LogP contribution in [0, 0.1) is 6.92 Å². The van der Waals surface area contributed by atoms with E-state index in [-0.39, 0.29) is 12.0 Å². The lowest BCUT2D eigenvalue weighted by Crippen LogP contribution is -2.23. The molecule has 78 valence electrons. The Morgan fingerprint density at radius 2 is 2.00 bits per heavy atom. The van der Waals surface area contributed by atoms with Gasteiger partial charge in [-0.05, 0) is 13.0 Å². The first-order chi connectivity index (χ1) is 6.51. The average Bonchev–Trinajstić information content (AvgIpc) is 2.18. The zero-order valence-corrected chi connectivity index (χ0v) is 9.29. The monoisotopic (exact) mass is 194 g/mol. The van der Waals surface area contributed by atoms with Gasteiger partial charge in [0.15, 0.2) is 0 Å². The molecule has 1 aromatic carbocycles. The fraction of sp³-hybridized carbons (Fsp3) is 0.500. The molecule has 0 atom stereocenters. The molecule has 0 aliphatic rings. The van der Waals surface area contributed by atoms with Crippen molar-refractivity contribution in [2.45, 2.75) is 26.2 Å². The van der Waals surface area contributed by atoms with Crippen LogP contribution < -0.4 is 4.74 Å². The van der Waals surface area contributed by atoms with Crippen LogP contribution in [-0.4, -0.2) is 18.8 Å². The second-order valence-electron chi connectivity index (χ2n) is 4.25. The zero-order chi connectivity index (χ0) is 10.8. The van der Waals surface area contributed by atoms with Crippen molar-refractivity contribution in [2.24, 2.45) is 0 Å². The van der Waals surface area contributed by atoms with Crippen LogP contribution in [0.1, 0.15) is 25.0 Å².